The summed E-state index contributed by atoms with van der Waals surface area (Å²) in [7, 11) is 0. The van der Waals surface area contributed by atoms with Gasteiger partial charge in [-0.15, -0.1) is 0 Å². The molecule has 1 nitrogen and oxygen atoms in total. The summed E-state index contributed by atoms with van der Waals surface area (Å²) in [6, 6.07) is 19.8. The summed E-state index contributed by atoms with van der Waals surface area (Å²) in [6.45, 7) is 3.02. The van der Waals surface area contributed by atoms with Gasteiger partial charge >= 0.3 is 0 Å². The van der Waals surface area contributed by atoms with Crippen LogP contribution in [-0.2, 0) is 11.8 Å². The highest BCUT2D eigenvalue weighted by molar-refractivity contribution is 5.44. The topological polar surface area (TPSA) is 9.23 Å². The Balaban J connectivity index is 1.94. The first-order valence-electron chi connectivity index (χ1n) is 5.96. The third-order valence-electron chi connectivity index (χ3n) is 3.44. The van der Waals surface area contributed by atoms with Crippen LogP contribution in [0.15, 0.2) is 48.5 Å². The third-order valence-corrected chi connectivity index (χ3v) is 3.44. The largest absolute Gasteiger partial charge is 0.492 e. The molecule has 0 amide bonds. The van der Waals surface area contributed by atoms with Crippen molar-refractivity contribution in [2.75, 3.05) is 6.61 Å². The first-order valence-corrected chi connectivity index (χ1v) is 5.96. The van der Waals surface area contributed by atoms with Crippen molar-refractivity contribution in [1.29, 1.82) is 0 Å². The number of benzene rings is 2. The van der Waals surface area contributed by atoms with Gasteiger partial charge in [0.1, 0.15) is 5.75 Å². The SMILES string of the molecule is CC1(Cc2[c]cccc2)COc2ccccc21. The van der Waals surface area contributed by atoms with E-state index in [1.54, 1.807) is 0 Å². The molecule has 0 saturated heterocycles. The van der Waals surface area contributed by atoms with Gasteiger partial charge in [-0.1, -0.05) is 49.4 Å². The molecule has 17 heavy (non-hydrogen) atoms. The molecule has 0 aromatic heterocycles. The van der Waals surface area contributed by atoms with E-state index in [1.165, 1.54) is 11.1 Å². The zero-order chi connectivity index (χ0) is 11.7. The quantitative estimate of drug-likeness (QED) is 0.758. The molecule has 3 rings (SSSR count). The van der Waals surface area contributed by atoms with Crippen molar-refractivity contribution in [3.8, 4) is 5.75 Å². The second-order valence-corrected chi connectivity index (χ2v) is 4.91. The van der Waals surface area contributed by atoms with Crippen LogP contribution < -0.4 is 4.74 Å². The highest BCUT2D eigenvalue weighted by Crippen LogP contribution is 2.40. The smallest absolute Gasteiger partial charge is 0.123 e. The van der Waals surface area contributed by atoms with Gasteiger partial charge < -0.3 is 4.74 Å². The summed E-state index contributed by atoms with van der Waals surface area (Å²) in [4.78, 5) is 0. The Labute approximate surface area is 102 Å². The van der Waals surface area contributed by atoms with E-state index in [0.29, 0.717) is 0 Å². The second-order valence-electron chi connectivity index (χ2n) is 4.91. The maximum absolute atomic E-state index is 5.77. The zero-order valence-corrected chi connectivity index (χ0v) is 9.94. The average Bonchev–Trinajstić information content (AvgIpc) is 2.69. The molecule has 1 atom stereocenters. The lowest BCUT2D eigenvalue weighted by Gasteiger charge is -2.22. The molecule has 1 radical (unpaired) electrons. The number of rotatable bonds is 2. The van der Waals surface area contributed by atoms with Gasteiger partial charge in [-0.2, -0.15) is 0 Å². The van der Waals surface area contributed by atoms with Gasteiger partial charge in [0.2, 0.25) is 0 Å². The van der Waals surface area contributed by atoms with Crippen molar-refractivity contribution >= 4 is 0 Å². The maximum atomic E-state index is 5.77. The van der Waals surface area contributed by atoms with Crippen LogP contribution in [0.4, 0.5) is 0 Å². The fourth-order valence-corrected chi connectivity index (χ4v) is 2.51. The van der Waals surface area contributed by atoms with E-state index in [4.69, 9.17) is 4.74 Å². The van der Waals surface area contributed by atoms with Crippen LogP contribution in [0.1, 0.15) is 18.1 Å². The second kappa shape index (κ2) is 3.92. The molecule has 1 heteroatoms. The minimum absolute atomic E-state index is 0.0778. The van der Waals surface area contributed by atoms with Crippen molar-refractivity contribution in [1.82, 2.24) is 0 Å². The zero-order valence-electron chi connectivity index (χ0n) is 9.94. The molecular weight excluding hydrogens is 208 g/mol. The summed E-state index contributed by atoms with van der Waals surface area (Å²) in [5.74, 6) is 1.03. The Kier molecular flexibility index (Phi) is 2.40. The Morgan fingerprint density at radius 2 is 2.00 bits per heavy atom. The number of fused-ring (bicyclic) bond motifs is 1. The highest BCUT2D eigenvalue weighted by Gasteiger charge is 2.35. The van der Waals surface area contributed by atoms with Crippen LogP contribution >= 0.6 is 0 Å². The van der Waals surface area contributed by atoms with Crippen LogP contribution in [-0.4, -0.2) is 6.61 Å². The number of ether oxygens (including phenoxy) is 1. The number of hydrogen-bond donors (Lipinski definition) is 0. The Hall–Kier alpha value is -1.76. The van der Waals surface area contributed by atoms with Crippen LogP contribution in [0.3, 0.4) is 0 Å². The summed E-state index contributed by atoms with van der Waals surface area (Å²) in [5.41, 5.74) is 2.64. The normalized spacial score (nSPS) is 21.9. The standard InChI is InChI=1S/C16H15O/c1-16(11-13-7-3-2-4-8-13)12-17-15-10-6-5-9-14(15)16/h2-7,9-10H,11-12H2,1H3. The number of para-hydroxylation sites is 1. The van der Waals surface area contributed by atoms with E-state index in [9.17, 15) is 0 Å². The lowest BCUT2D eigenvalue weighted by atomic mass is 9.79. The Morgan fingerprint density at radius 3 is 2.82 bits per heavy atom. The molecule has 1 aliphatic rings. The average molecular weight is 223 g/mol. The van der Waals surface area contributed by atoms with E-state index < -0.39 is 0 Å². The molecule has 0 spiro atoms. The van der Waals surface area contributed by atoms with Gasteiger partial charge in [0.25, 0.3) is 0 Å². The van der Waals surface area contributed by atoms with E-state index >= 15 is 0 Å². The maximum Gasteiger partial charge on any atom is 0.123 e. The van der Waals surface area contributed by atoms with Crippen LogP contribution in [0.2, 0.25) is 0 Å². The third kappa shape index (κ3) is 1.82. The molecule has 0 bridgehead atoms. The van der Waals surface area contributed by atoms with Crippen LogP contribution in [0.5, 0.6) is 5.75 Å². The summed E-state index contributed by atoms with van der Waals surface area (Å²) in [5, 5.41) is 0. The molecule has 0 saturated carbocycles. The summed E-state index contributed by atoms with van der Waals surface area (Å²) < 4.78 is 5.77. The van der Waals surface area contributed by atoms with Crippen LogP contribution in [0.25, 0.3) is 0 Å². The van der Waals surface area contributed by atoms with Crippen molar-refractivity contribution in [3.05, 3.63) is 65.7 Å². The first kappa shape index (κ1) is 10.4. The lowest BCUT2D eigenvalue weighted by molar-refractivity contribution is 0.277. The minimum Gasteiger partial charge on any atom is -0.492 e. The fraction of sp³-hybridized carbons (Fsp3) is 0.250. The Bertz CT molecular complexity index is 518. The predicted molar refractivity (Wildman–Crippen MR) is 68.3 cm³/mol. The molecule has 0 aliphatic carbocycles. The monoisotopic (exact) mass is 223 g/mol. The van der Waals surface area contributed by atoms with Crippen molar-refractivity contribution in [3.63, 3.8) is 0 Å². The van der Waals surface area contributed by atoms with Crippen molar-refractivity contribution < 1.29 is 4.74 Å². The molecule has 0 fully saturated rings. The van der Waals surface area contributed by atoms with E-state index in [1.807, 2.05) is 18.2 Å². The Morgan fingerprint density at radius 1 is 1.18 bits per heavy atom. The van der Waals surface area contributed by atoms with Gasteiger partial charge in [-0.3, -0.25) is 0 Å². The van der Waals surface area contributed by atoms with Gasteiger partial charge in [0.15, 0.2) is 0 Å². The highest BCUT2D eigenvalue weighted by atomic mass is 16.5. The molecule has 2 aromatic carbocycles. The van der Waals surface area contributed by atoms with E-state index in [2.05, 4.69) is 43.3 Å². The molecular formula is C16H15O. The van der Waals surface area contributed by atoms with E-state index in [0.717, 1.165) is 18.8 Å². The summed E-state index contributed by atoms with van der Waals surface area (Å²) >= 11 is 0. The van der Waals surface area contributed by atoms with Crippen molar-refractivity contribution in [2.45, 2.75) is 18.8 Å². The molecule has 1 heterocycles. The van der Waals surface area contributed by atoms with E-state index in [-0.39, 0.29) is 5.41 Å². The molecule has 85 valence electrons. The number of hydrogen-bond acceptors (Lipinski definition) is 1. The molecule has 1 aliphatic heterocycles. The van der Waals surface area contributed by atoms with Gasteiger partial charge in [0, 0.05) is 11.0 Å². The first-order chi connectivity index (χ1) is 8.28. The van der Waals surface area contributed by atoms with Crippen LogP contribution in [0, 0.1) is 6.07 Å². The summed E-state index contributed by atoms with van der Waals surface area (Å²) in [6.07, 6.45) is 0.977. The molecule has 2 aromatic rings. The fourth-order valence-electron chi connectivity index (χ4n) is 2.51. The lowest BCUT2D eigenvalue weighted by Crippen LogP contribution is -2.26. The molecule has 1 unspecified atom stereocenters. The van der Waals surface area contributed by atoms with Crippen molar-refractivity contribution in [2.24, 2.45) is 0 Å². The minimum atomic E-state index is 0.0778. The predicted octanol–water partition coefficient (Wildman–Crippen LogP) is 3.38. The van der Waals surface area contributed by atoms with Gasteiger partial charge in [-0.05, 0) is 24.1 Å². The van der Waals surface area contributed by atoms with Gasteiger partial charge in [-0.25, -0.2) is 0 Å². The molecule has 0 N–H and O–H groups in total. The van der Waals surface area contributed by atoms with Gasteiger partial charge in [0.05, 0.1) is 6.61 Å².